The van der Waals surface area contributed by atoms with Crippen molar-refractivity contribution >= 4 is 34.9 Å². The van der Waals surface area contributed by atoms with E-state index in [-0.39, 0.29) is 5.82 Å². The monoisotopic (exact) mass is 453 g/mol. The van der Waals surface area contributed by atoms with Gasteiger partial charge in [0.25, 0.3) is 0 Å². The van der Waals surface area contributed by atoms with E-state index in [2.05, 4.69) is 36.2 Å². The Kier molecular flexibility index (Phi) is 7.56. The van der Waals surface area contributed by atoms with Crippen LogP contribution in [0, 0.1) is 12.7 Å². The number of aryl methyl sites for hydroxylation is 1. The van der Waals surface area contributed by atoms with Gasteiger partial charge in [0.05, 0.1) is 6.54 Å². The molecule has 2 N–H and O–H groups in total. The fourth-order valence-electron chi connectivity index (χ4n) is 2.94. The number of benzene rings is 2. The van der Waals surface area contributed by atoms with E-state index in [1.54, 1.807) is 30.1 Å². The Balaban J connectivity index is 0.000000427. The molecule has 164 valence electrons. The summed E-state index contributed by atoms with van der Waals surface area (Å²) in [7, 11) is 0. The summed E-state index contributed by atoms with van der Waals surface area (Å²) >= 11 is 1.65. The SMILES string of the molecule is Cc1cccc(CSc2nc3cccnc3n2Cc2ccccc2F)c1.O=C(O)C(=O)O. The third kappa shape index (κ3) is 5.92. The van der Waals surface area contributed by atoms with Crippen molar-refractivity contribution in [3.8, 4) is 0 Å². The van der Waals surface area contributed by atoms with Crippen LogP contribution in [0.15, 0.2) is 72.0 Å². The summed E-state index contributed by atoms with van der Waals surface area (Å²) < 4.78 is 16.1. The van der Waals surface area contributed by atoms with Crippen LogP contribution < -0.4 is 0 Å². The van der Waals surface area contributed by atoms with Gasteiger partial charge >= 0.3 is 11.9 Å². The number of fused-ring (bicyclic) bond motifs is 1. The molecule has 4 rings (SSSR count). The van der Waals surface area contributed by atoms with Crippen molar-refractivity contribution in [1.82, 2.24) is 14.5 Å². The predicted octanol–water partition coefficient (Wildman–Crippen LogP) is 4.38. The summed E-state index contributed by atoms with van der Waals surface area (Å²) in [5.41, 5.74) is 4.73. The number of rotatable bonds is 5. The average Bonchev–Trinajstić information content (AvgIpc) is 3.12. The molecule has 0 spiro atoms. The highest BCUT2D eigenvalue weighted by Crippen LogP contribution is 2.27. The summed E-state index contributed by atoms with van der Waals surface area (Å²) in [4.78, 5) is 27.4. The fraction of sp³-hybridized carbons (Fsp3) is 0.130. The summed E-state index contributed by atoms with van der Waals surface area (Å²) in [6.45, 7) is 2.50. The van der Waals surface area contributed by atoms with Crippen LogP contribution in [0.4, 0.5) is 4.39 Å². The fourth-order valence-corrected chi connectivity index (χ4v) is 3.88. The van der Waals surface area contributed by atoms with Crippen LogP contribution in [0.25, 0.3) is 11.2 Å². The number of hydrogen-bond acceptors (Lipinski definition) is 5. The Hall–Kier alpha value is -3.72. The van der Waals surface area contributed by atoms with E-state index in [1.807, 2.05) is 22.8 Å². The van der Waals surface area contributed by atoms with E-state index >= 15 is 0 Å². The normalized spacial score (nSPS) is 10.4. The van der Waals surface area contributed by atoms with Crippen molar-refractivity contribution < 1.29 is 24.2 Å². The molecule has 0 saturated carbocycles. The maximum atomic E-state index is 14.1. The minimum absolute atomic E-state index is 0.208. The molecule has 2 aromatic heterocycles. The number of halogens is 1. The Morgan fingerprint density at radius 2 is 1.78 bits per heavy atom. The number of hydrogen-bond donors (Lipinski definition) is 2. The molecule has 32 heavy (non-hydrogen) atoms. The number of carbonyl (C=O) groups is 2. The number of carboxylic acid groups (broad SMARTS) is 2. The van der Waals surface area contributed by atoms with Gasteiger partial charge in [-0.3, -0.25) is 4.57 Å². The van der Waals surface area contributed by atoms with Crippen molar-refractivity contribution in [3.63, 3.8) is 0 Å². The lowest BCUT2D eigenvalue weighted by Gasteiger charge is -2.09. The number of carboxylic acids is 2. The van der Waals surface area contributed by atoms with Gasteiger partial charge in [-0.15, -0.1) is 0 Å². The van der Waals surface area contributed by atoms with E-state index in [4.69, 9.17) is 24.8 Å². The number of thioether (sulfide) groups is 1. The summed E-state index contributed by atoms with van der Waals surface area (Å²) in [5.74, 6) is -3.05. The molecule has 0 aliphatic rings. The number of aliphatic carboxylic acids is 2. The molecule has 0 atom stereocenters. The third-order valence-electron chi connectivity index (χ3n) is 4.39. The summed E-state index contributed by atoms with van der Waals surface area (Å²) in [6.07, 6.45) is 1.75. The van der Waals surface area contributed by atoms with Crippen LogP contribution in [-0.2, 0) is 21.9 Å². The number of nitrogens with zero attached hydrogens (tertiary/aromatic N) is 3. The molecule has 0 saturated heterocycles. The van der Waals surface area contributed by atoms with Crippen molar-refractivity contribution in [2.24, 2.45) is 0 Å². The third-order valence-corrected chi connectivity index (χ3v) is 5.44. The van der Waals surface area contributed by atoms with Crippen molar-refractivity contribution in [1.29, 1.82) is 0 Å². The molecule has 0 aliphatic carbocycles. The minimum atomic E-state index is -1.82. The average molecular weight is 453 g/mol. The quantitative estimate of drug-likeness (QED) is 0.341. The highest BCUT2D eigenvalue weighted by atomic mass is 32.2. The topological polar surface area (TPSA) is 105 Å². The molecular formula is C23H20FN3O4S. The zero-order valence-electron chi connectivity index (χ0n) is 17.1. The molecule has 0 fully saturated rings. The van der Waals surface area contributed by atoms with E-state index < -0.39 is 11.9 Å². The molecular weight excluding hydrogens is 433 g/mol. The standard InChI is InChI=1S/C21H18FN3S.C2H2O4/c1-15-6-4-7-16(12-15)14-26-21-24-19-10-5-11-23-20(19)25(21)13-17-8-2-3-9-18(17)22;3-1(4)2(5)6/h2-12H,13-14H2,1H3;(H,3,4)(H,5,6). The van der Waals surface area contributed by atoms with Crippen LogP contribution >= 0.6 is 11.8 Å². The molecule has 9 heteroatoms. The first-order valence-electron chi connectivity index (χ1n) is 9.54. The second kappa shape index (κ2) is 10.5. The lowest BCUT2D eigenvalue weighted by molar-refractivity contribution is -0.159. The van der Waals surface area contributed by atoms with E-state index in [1.165, 1.54) is 17.2 Å². The van der Waals surface area contributed by atoms with Crippen molar-refractivity contribution in [3.05, 3.63) is 89.4 Å². The van der Waals surface area contributed by atoms with Gasteiger partial charge in [-0.2, -0.15) is 0 Å². The number of pyridine rings is 1. The van der Waals surface area contributed by atoms with E-state index in [9.17, 15) is 4.39 Å². The summed E-state index contributed by atoms with van der Waals surface area (Å²) in [6, 6.07) is 19.1. The molecule has 7 nitrogen and oxygen atoms in total. The zero-order valence-corrected chi connectivity index (χ0v) is 17.9. The van der Waals surface area contributed by atoms with E-state index in [0.717, 1.165) is 22.1 Å². The minimum Gasteiger partial charge on any atom is -0.473 e. The second-order valence-electron chi connectivity index (χ2n) is 6.81. The first-order chi connectivity index (χ1) is 15.3. The first-order valence-corrected chi connectivity index (χ1v) is 10.5. The predicted molar refractivity (Wildman–Crippen MR) is 119 cm³/mol. The molecule has 0 bridgehead atoms. The number of imidazole rings is 1. The Labute approximate surface area is 187 Å². The Morgan fingerprint density at radius 1 is 1.03 bits per heavy atom. The van der Waals surface area contributed by atoms with Gasteiger partial charge in [0.15, 0.2) is 10.8 Å². The molecule has 2 aromatic carbocycles. The number of aromatic nitrogens is 3. The van der Waals surface area contributed by atoms with Crippen LogP contribution in [0.3, 0.4) is 0 Å². The van der Waals surface area contributed by atoms with Gasteiger partial charge in [-0.25, -0.2) is 23.9 Å². The maximum Gasteiger partial charge on any atom is 0.414 e. The van der Waals surface area contributed by atoms with E-state index in [0.29, 0.717) is 12.1 Å². The van der Waals surface area contributed by atoms with Crippen LogP contribution in [-0.4, -0.2) is 36.7 Å². The van der Waals surface area contributed by atoms with Crippen LogP contribution in [0.2, 0.25) is 0 Å². The van der Waals surface area contributed by atoms with Gasteiger partial charge in [-0.1, -0.05) is 59.8 Å². The van der Waals surface area contributed by atoms with Crippen molar-refractivity contribution in [2.45, 2.75) is 24.4 Å². The molecule has 0 amide bonds. The molecule has 2 heterocycles. The molecule has 0 radical (unpaired) electrons. The lowest BCUT2D eigenvalue weighted by Crippen LogP contribution is -2.09. The largest absolute Gasteiger partial charge is 0.473 e. The summed E-state index contributed by atoms with van der Waals surface area (Å²) in [5, 5.41) is 15.6. The second-order valence-corrected chi connectivity index (χ2v) is 7.75. The lowest BCUT2D eigenvalue weighted by atomic mass is 10.2. The maximum absolute atomic E-state index is 14.1. The van der Waals surface area contributed by atoms with Gasteiger partial charge in [0.1, 0.15) is 11.3 Å². The van der Waals surface area contributed by atoms with Gasteiger partial charge in [-0.05, 0) is 30.7 Å². The molecule has 4 aromatic rings. The molecule has 0 unspecified atom stereocenters. The highest BCUT2D eigenvalue weighted by molar-refractivity contribution is 7.98. The van der Waals surface area contributed by atoms with Gasteiger partial charge in [0, 0.05) is 17.5 Å². The van der Waals surface area contributed by atoms with Crippen LogP contribution in [0.5, 0.6) is 0 Å². The van der Waals surface area contributed by atoms with Crippen molar-refractivity contribution in [2.75, 3.05) is 0 Å². The smallest absolute Gasteiger partial charge is 0.414 e. The first kappa shape index (κ1) is 23.0. The Morgan fingerprint density at radius 3 is 2.47 bits per heavy atom. The Bertz CT molecular complexity index is 1250. The van der Waals surface area contributed by atoms with Crippen LogP contribution in [0.1, 0.15) is 16.7 Å². The van der Waals surface area contributed by atoms with Gasteiger partial charge in [0.2, 0.25) is 0 Å². The highest BCUT2D eigenvalue weighted by Gasteiger charge is 2.14. The molecule has 0 aliphatic heterocycles. The zero-order chi connectivity index (χ0) is 23.1. The van der Waals surface area contributed by atoms with Gasteiger partial charge < -0.3 is 10.2 Å².